The zero-order valence-electron chi connectivity index (χ0n) is 11.5. The summed E-state index contributed by atoms with van der Waals surface area (Å²) in [6, 6.07) is 1.79. The van der Waals surface area contributed by atoms with Crippen LogP contribution in [0.2, 0.25) is 0 Å². The van der Waals surface area contributed by atoms with Crippen LogP contribution in [-0.4, -0.2) is 21.0 Å². The molecule has 2 rings (SSSR count). The number of rotatable bonds is 8. The van der Waals surface area contributed by atoms with Crippen molar-refractivity contribution in [2.24, 2.45) is 5.92 Å². The Labute approximate surface area is 119 Å². The molecule has 19 heavy (non-hydrogen) atoms. The summed E-state index contributed by atoms with van der Waals surface area (Å²) in [5.41, 5.74) is 0. The third kappa shape index (κ3) is 4.56. The Kier molecular flexibility index (Phi) is 5.00. The van der Waals surface area contributed by atoms with Crippen LogP contribution in [0, 0.1) is 5.92 Å². The second-order valence-electron chi connectivity index (χ2n) is 5.23. The van der Waals surface area contributed by atoms with E-state index in [-0.39, 0.29) is 6.04 Å². The number of hydrogen-bond acceptors (Lipinski definition) is 4. The Bertz CT molecular complexity index is 506. The van der Waals surface area contributed by atoms with Crippen LogP contribution in [0.5, 0.6) is 0 Å². The first kappa shape index (κ1) is 15.0. The summed E-state index contributed by atoms with van der Waals surface area (Å²) in [5, 5.41) is 4.92. The fourth-order valence-electron chi connectivity index (χ4n) is 2.08. The maximum atomic E-state index is 12.2. The first-order valence-corrected chi connectivity index (χ1v) is 9.18. The van der Waals surface area contributed by atoms with E-state index in [2.05, 4.69) is 10.0 Å². The highest BCUT2D eigenvalue weighted by Crippen LogP contribution is 2.33. The highest BCUT2D eigenvalue weighted by atomic mass is 32.2. The Morgan fingerprint density at radius 1 is 1.47 bits per heavy atom. The molecule has 1 aromatic heterocycles. The van der Waals surface area contributed by atoms with Crippen molar-refractivity contribution in [3.05, 3.63) is 16.3 Å². The SMILES string of the molecule is CCNCc1cc(S(=O)(=O)NC(C)CC2CC2)cs1. The fraction of sp³-hybridized carbons (Fsp3) is 0.692. The molecule has 1 aliphatic rings. The number of hydrogen-bond donors (Lipinski definition) is 2. The predicted molar refractivity (Wildman–Crippen MR) is 78.8 cm³/mol. The van der Waals surface area contributed by atoms with Gasteiger partial charge in [0, 0.05) is 22.8 Å². The number of thiophene rings is 1. The van der Waals surface area contributed by atoms with Crippen molar-refractivity contribution in [3.8, 4) is 0 Å². The lowest BCUT2D eigenvalue weighted by atomic mass is 10.2. The topological polar surface area (TPSA) is 58.2 Å². The maximum Gasteiger partial charge on any atom is 0.241 e. The van der Waals surface area contributed by atoms with Crippen LogP contribution in [0.4, 0.5) is 0 Å². The molecule has 4 nitrogen and oxygen atoms in total. The molecule has 0 saturated heterocycles. The van der Waals surface area contributed by atoms with Crippen LogP contribution in [0.1, 0.15) is 38.0 Å². The summed E-state index contributed by atoms with van der Waals surface area (Å²) in [5.74, 6) is 0.726. The van der Waals surface area contributed by atoms with Crippen LogP contribution in [0.25, 0.3) is 0 Å². The van der Waals surface area contributed by atoms with Crippen LogP contribution in [0.15, 0.2) is 16.3 Å². The second-order valence-corrected chi connectivity index (χ2v) is 7.94. The van der Waals surface area contributed by atoms with E-state index in [0.717, 1.165) is 30.3 Å². The molecule has 0 radical (unpaired) electrons. The molecule has 108 valence electrons. The van der Waals surface area contributed by atoms with Crippen LogP contribution < -0.4 is 10.0 Å². The Morgan fingerprint density at radius 2 is 2.21 bits per heavy atom. The average molecular weight is 302 g/mol. The van der Waals surface area contributed by atoms with Gasteiger partial charge in [-0.3, -0.25) is 0 Å². The second kappa shape index (κ2) is 6.35. The molecule has 0 amide bonds. The highest BCUT2D eigenvalue weighted by molar-refractivity contribution is 7.89. The Morgan fingerprint density at radius 3 is 2.84 bits per heavy atom. The summed E-state index contributed by atoms with van der Waals surface area (Å²) in [6.07, 6.45) is 3.45. The van der Waals surface area contributed by atoms with Crippen molar-refractivity contribution in [3.63, 3.8) is 0 Å². The van der Waals surface area contributed by atoms with Gasteiger partial charge in [-0.1, -0.05) is 19.8 Å². The zero-order valence-corrected chi connectivity index (χ0v) is 13.1. The number of nitrogens with one attached hydrogen (secondary N) is 2. The smallest absolute Gasteiger partial charge is 0.241 e. The summed E-state index contributed by atoms with van der Waals surface area (Å²) in [6.45, 7) is 5.60. The Hall–Kier alpha value is -0.430. The quantitative estimate of drug-likeness (QED) is 0.775. The lowest BCUT2D eigenvalue weighted by molar-refractivity contribution is 0.530. The van der Waals surface area contributed by atoms with Gasteiger partial charge in [-0.15, -0.1) is 11.3 Å². The minimum Gasteiger partial charge on any atom is -0.312 e. The molecular weight excluding hydrogens is 280 g/mol. The molecule has 6 heteroatoms. The monoisotopic (exact) mass is 302 g/mol. The number of sulfonamides is 1. The molecule has 1 heterocycles. The third-order valence-corrected chi connectivity index (χ3v) is 5.88. The molecule has 1 saturated carbocycles. The highest BCUT2D eigenvalue weighted by Gasteiger charge is 2.26. The standard InChI is InChI=1S/C13H22N2O2S2/c1-3-14-8-12-7-13(9-18-12)19(16,17)15-10(2)6-11-4-5-11/h7,9-11,14-15H,3-6,8H2,1-2H3. The third-order valence-electron chi connectivity index (χ3n) is 3.23. The van der Waals surface area contributed by atoms with Crippen molar-refractivity contribution in [1.29, 1.82) is 0 Å². The molecule has 2 N–H and O–H groups in total. The summed E-state index contributed by atoms with van der Waals surface area (Å²) >= 11 is 1.49. The molecule has 1 fully saturated rings. The van der Waals surface area contributed by atoms with Gasteiger partial charge >= 0.3 is 0 Å². The first-order chi connectivity index (χ1) is 9.01. The molecule has 0 aliphatic heterocycles. The van der Waals surface area contributed by atoms with E-state index in [1.807, 2.05) is 13.8 Å². The molecule has 0 spiro atoms. The molecule has 1 unspecified atom stereocenters. The van der Waals surface area contributed by atoms with Crippen LogP contribution in [-0.2, 0) is 16.6 Å². The van der Waals surface area contributed by atoms with Gasteiger partial charge in [0.2, 0.25) is 10.0 Å². The van der Waals surface area contributed by atoms with Crippen LogP contribution >= 0.6 is 11.3 Å². The maximum absolute atomic E-state index is 12.2. The van der Waals surface area contributed by atoms with Crippen molar-refractivity contribution < 1.29 is 8.42 Å². The van der Waals surface area contributed by atoms with Crippen LogP contribution in [0.3, 0.4) is 0 Å². The fourth-order valence-corrected chi connectivity index (χ4v) is 4.58. The zero-order chi connectivity index (χ0) is 13.9. The average Bonchev–Trinajstić information content (AvgIpc) is 3.00. The van der Waals surface area contributed by atoms with Crippen molar-refractivity contribution in [1.82, 2.24) is 10.0 Å². The summed E-state index contributed by atoms with van der Waals surface area (Å²) in [4.78, 5) is 1.45. The lowest BCUT2D eigenvalue weighted by Gasteiger charge is -2.12. The molecule has 1 aromatic rings. The molecule has 0 aromatic carbocycles. The van der Waals surface area contributed by atoms with Gasteiger partial charge in [-0.25, -0.2) is 13.1 Å². The van der Waals surface area contributed by atoms with Gasteiger partial charge in [-0.05, 0) is 31.9 Å². The molecule has 0 bridgehead atoms. The first-order valence-electron chi connectivity index (χ1n) is 6.81. The van der Waals surface area contributed by atoms with Crippen molar-refractivity contribution in [2.45, 2.75) is 50.6 Å². The molecule has 1 aliphatic carbocycles. The van der Waals surface area contributed by atoms with E-state index in [9.17, 15) is 8.42 Å². The lowest BCUT2D eigenvalue weighted by Crippen LogP contribution is -2.32. The predicted octanol–water partition coefficient (Wildman–Crippen LogP) is 2.32. The normalized spacial score (nSPS) is 17.6. The van der Waals surface area contributed by atoms with E-state index >= 15 is 0 Å². The molecular formula is C13H22N2O2S2. The van der Waals surface area contributed by atoms with E-state index < -0.39 is 10.0 Å². The summed E-state index contributed by atoms with van der Waals surface area (Å²) in [7, 11) is -3.35. The van der Waals surface area contributed by atoms with E-state index in [1.165, 1.54) is 24.2 Å². The van der Waals surface area contributed by atoms with Crippen molar-refractivity contribution >= 4 is 21.4 Å². The van der Waals surface area contributed by atoms with Gasteiger partial charge in [0.05, 0.1) is 4.90 Å². The summed E-state index contributed by atoms with van der Waals surface area (Å²) < 4.78 is 27.2. The van der Waals surface area contributed by atoms with Gasteiger partial charge in [-0.2, -0.15) is 0 Å². The van der Waals surface area contributed by atoms with Gasteiger partial charge in [0.1, 0.15) is 0 Å². The minimum absolute atomic E-state index is 0.0228. The molecule has 1 atom stereocenters. The Balaban J connectivity index is 1.95. The van der Waals surface area contributed by atoms with Crippen molar-refractivity contribution in [2.75, 3.05) is 6.54 Å². The van der Waals surface area contributed by atoms with E-state index in [0.29, 0.717) is 4.90 Å². The minimum atomic E-state index is -3.35. The van der Waals surface area contributed by atoms with Gasteiger partial charge in [0.25, 0.3) is 0 Å². The van der Waals surface area contributed by atoms with E-state index in [4.69, 9.17) is 0 Å². The van der Waals surface area contributed by atoms with Gasteiger partial charge in [0.15, 0.2) is 0 Å². The largest absolute Gasteiger partial charge is 0.312 e. The van der Waals surface area contributed by atoms with Gasteiger partial charge < -0.3 is 5.32 Å². The van der Waals surface area contributed by atoms with E-state index in [1.54, 1.807) is 11.4 Å².